The fourth-order valence-electron chi connectivity index (χ4n) is 3.68. The molecule has 7 nitrogen and oxygen atoms in total. The number of fused-ring (bicyclic) bond motifs is 1. The highest BCUT2D eigenvalue weighted by Gasteiger charge is 2.31. The van der Waals surface area contributed by atoms with Gasteiger partial charge in [0.1, 0.15) is 22.8 Å². The number of amides is 1. The summed E-state index contributed by atoms with van der Waals surface area (Å²) in [5.74, 6) is 2.36. The first-order valence-electron chi connectivity index (χ1n) is 8.90. The van der Waals surface area contributed by atoms with Crippen molar-refractivity contribution in [1.82, 2.24) is 19.4 Å². The average Bonchev–Trinajstić information content (AvgIpc) is 3.32. The summed E-state index contributed by atoms with van der Waals surface area (Å²) >= 11 is 0. The van der Waals surface area contributed by atoms with Gasteiger partial charge < -0.3 is 18.9 Å². The summed E-state index contributed by atoms with van der Waals surface area (Å²) in [7, 11) is 5.14. The van der Waals surface area contributed by atoms with E-state index in [9.17, 15) is 4.79 Å². The fourth-order valence-corrected chi connectivity index (χ4v) is 3.68. The van der Waals surface area contributed by atoms with Crippen LogP contribution in [0.4, 0.5) is 0 Å². The van der Waals surface area contributed by atoms with Crippen molar-refractivity contribution in [2.45, 2.75) is 12.3 Å². The zero-order chi connectivity index (χ0) is 19.0. The zero-order valence-electron chi connectivity index (χ0n) is 15.7. The number of benzene rings is 1. The summed E-state index contributed by atoms with van der Waals surface area (Å²) < 4.78 is 12.6. The monoisotopic (exact) mass is 366 g/mol. The van der Waals surface area contributed by atoms with Crippen molar-refractivity contribution < 1.29 is 14.3 Å². The third-order valence-corrected chi connectivity index (χ3v) is 5.10. The van der Waals surface area contributed by atoms with Gasteiger partial charge in [-0.25, -0.2) is 9.97 Å². The molecule has 1 atom stereocenters. The number of carbonyl (C=O) groups is 1. The summed E-state index contributed by atoms with van der Waals surface area (Å²) in [4.78, 5) is 24.0. The van der Waals surface area contributed by atoms with Crippen molar-refractivity contribution in [3.8, 4) is 11.5 Å². The highest BCUT2D eigenvalue weighted by atomic mass is 16.5. The highest BCUT2D eigenvalue weighted by molar-refractivity contribution is 5.95. The highest BCUT2D eigenvalue weighted by Crippen LogP contribution is 2.30. The van der Waals surface area contributed by atoms with Crippen molar-refractivity contribution in [2.24, 2.45) is 7.05 Å². The fraction of sp³-hybridized carbons (Fsp3) is 0.350. The van der Waals surface area contributed by atoms with Crippen LogP contribution in [0.2, 0.25) is 0 Å². The van der Waals surface area contributed by atoms with Gasteiger partial charge >= 0.3 is 0 Å². The van der Waals surface area contributed by atoms with Crippen molar-refractivity contribution in [1.29, 1.82) is 0 Å². The lowest BCUT2D eigenvalue weighted by molar-refractivity contribution is 0.0789. The standard InChI is InChI=1S/C20H22N4O3/c1-23-18(22-17-5-4-7-21-19(17)23)13-6-8-24(12-13)20(25)14-9-15(26-2)11-16(10-14)27-3/h4-5,7,9-11,13H,6,8,12H2,1-3H3/t13-/m1/s1. The Balaban J connectivity index is 1.57. The van der Waals surface area contributed by atoms with Crippen molar-refractivity contribution in [3.63, 3.8) is 0 Å². The van der Waals surface area contributed by atoms with Crippen LogP contribution in [0.15, 0.2) is 36.5 Å². The molecule has 0 N–H and O–H groups in total. The van der Waals surface area contributed by atoms with Gasteiger partial charge in [-0.15, -0.1) is 0 Å². The number of aryl methyl sites for hydroxylation is 1. The van der Waals surface area contributed by atoms with Gasteiger partial charge in [-0.1, -0.05) is 0 Å². The predicted molar refractivity (Wildman–Crippen MR) is 101 cm³/mol. The number of hydrogen-bond acceptors (Lipinski definition) is 5. The second-order valence-corrected chi connectivity index (χ2v) is 6.71. The molecule has 1 fully saturated rings. The van der Waals surface area contributed by atoms with Crippen molar-refractivity contribution >= 4 is 17.1 Å². The Labute approximate surface area is 157 Å². The summed E-state index contributed by atoms with van der Waals surface area (Å²) in [6, 6.07) is 9.11. The van der Waals surface area contributed by atoms with Gasteiger partial charge in [0.15, 0.2) is 5.65 Å². The molecule has 140 valence electrons. The minimum absolute atomic E-state index is 0.0217. The molecule has 1 saturated heterocycles. The molecule has 3 aromatic rings. The smallest absolute Gasteiger partial charge is 0.254 e. The molecule has 1 aliphatic rings. The molecule has 3 heterocycles. The van der Waals surface area contributed by atoms with E-state index in [1.54, 1.807) is 38.6 Å². The first kappa shape index (κ1) is 17.3. The lowest BCUT2D eigenvalue weighted by Crippen LogP contribution is -2.28. The van der Waals surface area contributed by atoms with E-state index in [4.69, 9.17) is 14.5 Å². The third-order valence-electron chi connectivity index (χ3n) is 5.10. The molecule has 1 aromatic carbocycles. The molecule has 2 aromatic heterocycles. The molecule has 7 heteroatoms. The Morgan fingerprint density at radius 2 is 1.93 bits per heavy atom. The van der Waals surface area contributed by atoms with E-state index in [1.165, 1.54) is 0 Å². The molecule has 1 aliphatic heterocycles. The van der Waals surface area contributed by atoms with Gasteiger partial charge in [-0.3, -0.25) is 4.79 Å². The van der Waals surface area contributed by atoms with E-state index >= 15 is 0 Å². The summed E-state index contributed by atoms with van der Waals surface area (Å²) in [5, 5.41) is 0. The molecule has 0 unspecified atom stereocenters. The third kappa shape index (κ3) is 3.09. The number of pyridine rings is 1. The van der Waals surface area contributed by atoms with E-state index < -0.39 is 0 Å². The maximum absolute atomic E-state index is 13.0. The van der Waals surface area contributed by atoms with Crippen LogP contribution in [0.1, 0.15) is 28.5 Å². The predicted octanol–water partition coefficient (Wildman–Crippen LogP) is 2.62. The number of imidazole rings is 1. The second kappa shape index (κ2) is 6.90. The number of aromatic nitrogens is 3. The van der Waals surface area contributed by atoms with Crippen LogP contribution in [-0.2, 0) is 7.05 Å². The first-order chi connectivity index (χ1) is 13.1. The van der Waals surface area contributed by atoms with Crippen LogP contribution in [-0.4, -0.2) is 52.7 Å². The van der Waals surface area contributed by atoms with Gasteiger partial charge in [0.2, 0.25) is 0 Å². The molecule has 4 rings (SSSR count). The summed E-state index contributed by atoms with van der Waals surface area (Å²) in [6.45, 7) is 1.33. The Bertz CT molecular complexity index is 976. The van der Waals surface area contributed by atoms with E-state index in [1.807, 2.05) is 28.6 Å². The normalized spacial score (nSPS) is 16.7. The lowest BCUT2D eigenvalue weighted by atomic mass is 10.1. The van der Waals surface area contributed by atoms with Crippen LogP contribution in [0.5, 0.6) is 11.5 Å². The van der Waals surface area contributed by atoms with Crippen LogP contribution in [0.3, 0.4) is 0 Å². The minimum atomic E-state index is -0.0217. The number of likely N-dealkylation sites (tertiary alicyclic amines) is 1. The number of rotatable bonds is 4. The van der Waals surface area contributed by atoms with E-state index in [0.717, 1.165) is 23.4 Å². The SMILES string of the molecule is COc1cc(OC)cc(C(=O)N2CC[C@@H](c3nc4cccnc4n3C)C2)c1. The Morgan fingerprint density at radius 1 is 1.19 bits per heavy atom. The van der Waals surface area contributed by atoms with Crippen LogP contribution < -0.4 is 9.47 Å². The first-order valence-corrected chi connectivity index (χ1v) is 8.90. The molecule has 0 spiro atoms. The molecule has 1 amide bonds. The lowest BCUT2D eigenvalue weighted by Gasteiger charge is -2.17. The van der Waals surface area contributed by atoms with Crippen LogP contribution >= 0.6 is 0 Å². The molecule has 0 bridgehead atoms. The Kier molecular flexibility index (Phi) is 4.43. The van der Waals surface area contributed by atoms with Gasteiger partial charge in [0.25, 0.3) is 5.91 Å². The zero-order valence-corrected chi connectivity index (χ0v) is 15.7. The minimum Gasteiger partial charge on any atom is -0.497 e. The van der Waals surface area contributed by atoms with Gasteiger partial charge in [0, 0.05) is 43.9 Å². The van der Waals surface area contributed by atoms with E-state index in [0.29, 0.717) is 30.2 Å². The number of nitrogens with zero attached hydrogens (tertiary/aromatic N) is 4. The topological polar surface area (TPSA) is 69.5 Å². The quantitative estimate of drug-likeness (QED) is 0.710. The summed E-state index contributed by atoms with van der Waals surface area (Å²) in [5.41, 5.74) is 2.32. The number of carbonyl (C=O) groups excluding carboxylic acids is 1. The van der Waals surface area contributed by atoms with Crippen LogP contribution in [0, 0.1) is 0 Å². The van der Waals surface area contributed by atoms with Crippen molar-refractivity contribution in [3.05, 3.63) is 47.9 Å². The largest absolute Gasteiger partial charge is 0.497 e. The number of methoxy groups -OCH3 is 2. The molecule has 0 aliphatic carbocycles. The number of ether oxygens (including phenoxy) is 2. The average molecular weight is 366 g/mol. The Hall–Kier alpha value is -3.09. The maximum atomic E-state index is 13.0. The van der Waals surface area contributed by atoms with Gasteiger partial charge in [0.05, 0.1) is 14.2 Å². The molecular weight excluding hydrogens is 344 g/mol. The molecule has 0 saturated carbocycles. The molecular formula is C20H22N4O3. The molecule has 27 heavy (non-hydrogen) atoms. The van der Waals surface area contributed by atoms with Crippen LogP contribution in [0.25, 0.3) is 11.2 Å². The maximum Gasteiger partial charge on any atom is 0.254 e. The van der Waals surface area contributed by atoms with Gasteiger partial charge in [-0.05, 0) is 30.7 Å². The van der Waals surface area contributed by atoms with E-state index in [-0.39, 0.29) is 11.8 Å². The number of hydrogen-bond donors (Lipinski definition) is 0. The summed E-state index contributed by atoms with van der Waals surface area (Å²) in [6.07, 6.45) is 2.65. The van der Waals surface area contributed by atoms with Gasteiger partial charge in [-0.2, -0.15) is 0 Å². The van der Waals surface area contributed by atoms with E-state index in [2.05, 4.69) is 4.98 Å². The molecule has 0 radical (unpaired) electrons. The second-order valence-electron chi connectivity index (χ2n) is 6.71. The van der Waals surface area contributed by atoms with Crippen molar-refractivity contribution in [2.75, 3.05) is 27.3 Å². The Morgan fingerprint density at radius 3 is 2.59 bits per heavy atom.